The summed E-state index contributed by atoms with van der Waals surface area (Å²) in [5, 5.41) is 5.10. The van der Waals surface area contributed by atoms with Gasteiger partial charge in [-0.1, -0.05) is 24.3 Å². The van der Waals surface area contributed by atoms with Crippen molar-refractivity contribution in [1.82, 2.24) is 15.4 Å². The molecule has 5 N–H and O–H groups in total. The average Bonchev–Trinajstić information content (AvgIpc) is 3.11. The van der Waals surface area contributed by atoms with E-state index in [-0.39, 0.29) is 1.43 Å². The van der Waals surface area contributed by atoms with Crippen molar-refractivity contribution in [2.45, 2.75) is 6.54 Å². The molecule has 0 radical (unpaired) electrons. The van der Waals surface area contributed by atoms with Crippen molar-refractivity contribution < 1.29 is 1.43 Å². The lowest BCUT2D eigenvalue weighted by molar-refractivity contribution is 0.249. The van der Waals surface area contributed by atoms with Crippen LogP contribution in [0.4, 0.5) is 5.69 Å². The fourth-order valence-electron chi connectivity index (χ4n) is 3.42. The first-order valence-corrected chi connectivity index (χ1v) is 9.76. The molecule has 0 atom stereocenters. The molecule has 27 heavy (non-hydrogen) atoms. The van der Waals surface area contributed by atoms with Gasteiger partial charge < -0.3 is 10.6 Å². The van der Waals surface area contributed by atoms with Gasteiger partial charge in [-0.05, 0) is 24.3 Å². The average molecular weight is 384 g/mol. The number of rotatable bonds is 5. The number of benzene rings is 2. The topological polar surface area (TPSA) is 95.8 Å². The summed E-state index contributed by atoms with van der Waals surface area (Å²) < 4.78 is 1.25. The van der Waals surface area contributed by atoms with Crippen LogP contribution in [-0.4, -0.2) is 41.9 Å². The van der Waals surface area contributed by atoms with Gasteiger partial charge in [0.2, 0.25) is 0 Å². The first-order valence-electron chi connectivity index (χ1n) is 8.94. The molecule has 2 heterocycles. The number of aromatic nitrogens is 1. The van der Waals surface area contributed by atoms with Crippen LogP contribution >= 0.6 is 11.3 Å². The van der Waals surface area contributed by atoms with E-state index in [4.69, 9.17) is 16.6 Å². The number of anilines is 1. The zero-order valence-corrected chi connectivity index (χ0v) is 15.8. The number of amidine groups is 1. The van der Waals surface area contributed by atoms with Gasteiger partial charge >= 0.3 is 0 Å². The first kappa shape index (κ1) is 17.7. The van der Waals surface area contributed by atoms with Crippen molar-refractivity contribution in [2.75, 3.05) is 31.1 Å². The second-order valence-corrected chi connectivity index (χ2v) is 7.60. The van der Waals surface area contributed by atoms with E-state index in [1.807, 2.05) is 24.3 Å². The van der Waals surface area contributed by atoms with E-state index in [1.165, 1.54) is 9.71 Å². The number of hydrazone groups is 1. The third kappa shape index (κ3) is 3.87. The maximum absolute atomic E-state index is 6.04. The highest BCUT2D eigenvalue weighted by Gasteiger charge is 2.21. The standard InChI is InChI=1S/C19H23N7S.H2/c20-19(23-24-21)14-5-1-3-7-16(14)26-11-9-25(10-12-26)13-18-22-15-6-2-4-8-17(15)27-18;/h1-8,24H,9-13,21H2,(H2,20,23);1H. The molecule has 1 saturated heterocycles. The lowest BCUT2D eigenvalue weighted by Crippen LogP contribution is -2.46. The number of nitrogens with two attached hydrogens (primary N) is 2. The SMILES string of the molecule is NN/N=C(\N)c1ccccc1N1CCN(Cc2nc3ccccc3s2)CC1.[HH]. The molecule has 3 aromatic rings. The number of fused-ring (bicyclic) bond motifs is 1. The van der Waals surface area contributed by atoms with Gasteiger partial charge in [0.15, 0.2) is 5.84 Å². The molecule has 0 bridgehead atoms. The number of para-hydroxylation sites is 2. The minimum Gasteiger partial charge on any atom is -0.382 e. The molecule has 0 saturated carbocycles. The molecular formula is C19H25N7S. The minimum atomic E-state index is 0. The first-order chi connectivity index (χ1) is 13.2. The highest BCUT2D eigenvalue weighted by Crippen LogP contribution is 2.25. The van der Waals surface area contributed by atoms with Gasteiger partial charge in [-0.15, -0.1) is 16.4 Å². The Bertz CT molecular complexity index is 917. The van der Waals surface area contributed by atoms with E-state index in [0.717, 1.165) is 49.5 Å². The zero-order chi connectivity index (χ0) is 18.6. The molecule has 0 aliphatic carbocycles. The lowest BCUT2D eigenvalue weighted by Gasteiger charge is -2.36. The van der Waals surface area contributed by atoms with Crippen molar-refractivity contribution in [3.8, 4) is 0 Å². The Morgan fingerprint density at radius 1 is 1.11 bits per heavy atom. The lowest BCUT2D eigenvalue weighted by atomic mass is 10.1. The zero-order valence-electron chi connectivity index (χ0n) is 15.0. The summed E-state index contributed by atoms with van der Waals surface area (Å²) >= 11 is 1.78. The Kier molecular flexibility index (Phi) is 5.19. The van der Waals surface area contributed by atoms with Crippen LogP contribution in [0.2, 0.25) is 0 Å². The number of hydrogen-bond donors (Lipinski definition) is 3. The van der Waals surface area contributed by atoms with Gasteiger partial charge in [-0.2, -0.15) is 0 Å². The van der Waals surface area contributed by atoms with Gasteiger partial charge in [0.1, 0.15) is 5.01 Å². The number of hydrogen-bond acceptors (Lipinski definition) is 7. The summed E-state index contributed by atoms with van der Waals surface area (Å²) in [6.07, 6.45) is 0. The second kappa shape index (κ2) is 7.91. The third-order valence-corrected chi connectivity index (χ3v) is 5.80. The fourth-order valence-corrected chi connectivity index (χ4v) is 4.43. The monoisotopic (exact) mass is 383 g/mol. The van der Waals surface area contributed by atoms with Gasteiger partial charge in [-0.3, -0.25) is 4.90 Å². The predicted octanol–water partition coefficient (Wildman–Crippen LogP) is 1.95. The summed E-state index contributed by atoms with van der Waals surface area (Å²) in [4.78, 5) is 9.56. The summed E-state index contributed by atoms with van der Waals surface area (Å²) in [6, 6.07) is 16.3. The minimum absolute atomic E-state index is 0. The number of piperazine rings is 1. The summed E-state index contributed by atoms with van der Waals surface area (Å²) in [7, 11) is 0. The van der Waals surface area contributed by atoms with E-state index in [0.29, 0.717) is 5.84 Å². The normalized spacial score (nSPS) is 16.0. The number of thiazole rings is 1. The Morgan fingerprint density at radius 3 is 2.63 bits per heavy atom. The van der Waals surface area contributed by atoms with Gasteiger partial charge in [0.25, 0.3) is 0 Å². The van der Waals surface area contributed by atoms with Crippen molar-refractivity contribution in [3.05, 3.63) is 59.1 Å². The second-order valence-electron chi connectivity index (χ2n) is 6.48. The van der Waals surface area contributed by atoms with Crippen LogP contribution in [0.5, 0.6) is 0 Å². The number of nitrogens with one attached hydrogen (secondary N) is 1. The number of hydrazine groups is 1. The summed E-state index contributed by atoms with van der Waals surface area (Å²) in [5.41, 5.74) is 11.4. The van der Waals surface area contributed by atoms with E-state index in [1.54, 1.807) is 11.3 Å². The molecule has 8 heteroatoms. The molecule has 1 aromatic heterocycles. The molecule has 4 rings (SSSR count). The summed E-state index contributed by atoms with van der Waals surface area (Å²) in [5.74, 6) is 5.67. The van der Waals surface area contributed by atoms with Crippen LogP contribution in [-0.2, 0) is 6.54 Å². The highest BCUT2D eigenvalue weighted by molar-refractivity contribution is 7.18. The quantitative estimate of drug-likeness (QED) is 0.270. The largest absolute Gasteiger partial charge is 0.382 e. The molecule has 0 spiro atoms. The van der Waals surface area contributed by atoms with E-state index >= 15 is 0 Å². The molecule has 1 aliphatic rings. The number of nitrogens with zero attached hydrogens (tertiary/aromatic N) is 4. The Labute approximate surface area is 163 Å². The molecule has 142 valence electrons. The predicted molar refractivity (Wildman–Crippen MR) is 114 cm³/mol. The Morgan fingerprint density at radius 2 is 1.85 bits per heavy atom. The molecular weight excluding hydrogens is 358 g/mol. The van der Waals surface area contributed by atoms with Crippen LogP contribution in [0, 0.1) is 0 Å². The van der Waals surface area contributed by atoms with E-state index in [2.05, 4.69) is 44.7 Å². The maximum Gasteiger partial charge on any atom is 0.154 e. The molecule has 0 unspecified atom stereocenters. The fraction of sp³-hybridized carbons (Fsp3) is 0.263. The van der Waals surface area contributed by atoms with Gasteiger partial charge in [0, 0.05) is 38.9 Å². The van der Waals surface area contributed by atoms with Gasteiger partial charge in [0.05, 0.1) is 16.8 Å². The smallest absolute Gasteiger partial charge is 0.154 e. The summed E-state index contributed by atoms with van der Waals surface area (Å²) in [6.45, 7) is 4.74. The van der Waals surface area contributed by atoms with E-state index in [9.17, 15) is 0 Å². The van der Waals surface area contributed by atoms with Gasteiger partial charge in [-0.25, -0.2) is 16.4 Å². The maximum atomic E-state index is 6.04. The molecule has 1 aliphatic heterocycles. The van der Waals surface area contributed by atoms with Crippen LogP contribution in [0.25, 0.3) is 10.2 Å². The molecule has 1 fully saturated rings. The Hall–Kier alpha value is -2.68. The highest BCUT2D eigenvalue weighted by atomic mass is 32.1. The third-order valence-electron chi connectivity index (χ3n) is 4.78. The Balaban J connectivity index is 0.00000225. The van der Waals surface area contributed by atoms with Crippen LogP contribution in [0.15, 0.2) is 53.6 Å². The van der Waals surface area contributed by atoms with Crippen molar-refractivity contribution in [3.63, 3.8) is 0 Å². The molecule has 7 nitrogen and oxygen atoms in total. The van der Waals surface area contributed by atoms with Crippen LogP contribution < -0.4 is 22.0 Å². The molecule has 2 aromatic carbocycles. The van der Waals surface area contributed by atoms with E-state index < -0.39 is 0 Å². The molecule has 0 amide bonds. The van der Waals surface area contributed by atoms with Crippen molar-refractivity contribution in [2.24, 2.45) is 16.7 Å². The van der Waals surface area contributed by atoms with Crippen molar-refractivity contribution in [1.29, 1.82) is 0 Å². The van der Waals surface area contributed by atoms with Crippen LogP contribution in [0.1, 0.15) is 12.0 Å². The van der Waals surface area contributed by atoms with Crippen LogP contribution in [0.3, 0.4) is 0 Å². The van der Waals surface area contributed by atoms with Crippen molar-refractivity contribution >= 4 is 33.1 Å².